The van der Waals surface area contributed by atoms with Gasteiger partial charge in [-0.25, -0.2) is 4.98 Å². The molecule has 142 valence electrons. The number of carbonyl (C=O) groups excluding carboxylic acids is 1. The van der Waals surface area contributed by atoms with Gasteiger partial charge in [-0.3, -0.25) is 14.2 Å². The Kier molecular flexibility index (Phi) is 6.72. The minimum atomic E-state index is -0.0324. The highest BCUT2D eigenvalue weighted by Gasteiger charge is 2.22. The number of rotatable bonds is 8. The number of aromatic nitrogens is 2. The van der Waals surface area contributed by atoms with Crippen LogP contribution in [0.5, 0.6) is 0 Å². The number of thiophene rings is 1. The first-order chi connectivity index (χ1) is 12.7. The van der Waals surface area contributed by atoms with Crippen LogP contribution in [0.4, 0.5) is 0 Å². The van der Waals surface area contributed by atoms with Crippen molar-refractivity contribution < 1.29 is 9.53 Å². The minimum absolute atomic E-state index is 0.00270. The summed E-state index contributed by atoms with van der Waals surface area (Å²) in [4.78, 5) is 32.0. The number of nitrogens with zero attached hydrogens (tertiary/aromatic N) is 2. The lowest BCUT2D eigenvalue weighted by atomic mass is 9.97. The number of hydrogen-bond donors (Lipinski definition) is 1. The maximum Gasteiger partial charge on any atom is 0.263 e. The van der Waals surface area contributed by atoms with Gasteiger partial charge < -0.3 is 10.1 Å². The van der Waals surface area contributed by atoms with Crippen molar-refractivity contribution in [2.45, 2.75) is 50.7 Å². The number of methoxy groups -OCH3 is 1. The Labute approximate surface area is 161 Å². The van der Waals surface area contributed by atoms with E-state index < -0.39 is 0 Å². The molecule has 1 aliphatic carbocycles. The number of thioether (sulfide) groups is 1. The average Bonchev–Trinajstić information content (AvgIpc) is 3.02. The molecule has 0 saturated heterocycles. The van der Waals surface area contributed by atoms with Crippen LogP contribution in [-0.4, -0.2) is 41.5 Å². The molecule has 0 radical (unpaired) electrons. The summed E-state index contributed by atoms with van der Waals surface area (Å²) in [6.07, 6.45) is 5.21. The Balaban J connectivity index is 1.95. The third-order valence-electron chi connectivity index (χ3n) is 4.46. The van der Waals surface area contributed by atoms with Crippen molar-refractivity contribution in [3.05, 3.63) is 20.8 Å². The van der Waals surface area contributed by atoms with Crippen LogP contribution in [0.15, 0.2) is 9.95 Å². The quantitative estimate of drug-likeness (QED) is 0.549. The van der Waals surface area contributed by atoms with E-state index in [9.17, 15) is 9.59 Å². The Morgan fingerprint density at radius 1 is 1.38 bits per heavy atom. The van der Waals surface area contributed by atoms with Gasteiger partial charge in [0.2, 0.25) is 5.91 Å². The topological polar surface area (TPSA) is 73.2 Å². The number of carbonyl (C=O) groups is 1. The zero-order valence-electron chi connectivity index (χ0n) is 15.3. The molecule has 3 rings (SSSR count). The normalized spacial score (nSPS) is 13.8. The molecule has 0 aromatic carbocycles. The molecule has 0 atom stereocenters. The summed E-state index contributed by atoms with van der Waals surface area (Å²) in [5.41, 5.74) is 1.19. The fourth-order valence-electron chi connectivity index (χ4n) is 3.16. The van der Waals surface area contributed by atoms with E-state index in [1.54, 1.807) is 23.0 Å². The molecule has 8 heteroatoms. The summed E-state index contributed by atoms with van der Waals surface area (Å²) < 4.78 is 6.84. The van der Waals surface area contributed by atoms with E-state index in [1.165, 1.54) is 28.6 Å². The number of amides is 1. The Morgan fingerprint density at radius 2 is 2.19 bits per heavy atom. The molecule has 1 N–H and O–H groups in total. The fourth-order valence-corrected chi connectivity index (χ4v) is 5.31. The molecule has 0 aliphatic heterocycles. The Hall–Kier alpha value is -1.38. The van der Waals surface area contributed by atoms with Crippen molar-refractivity contribution >= 4 is 39.2 Å². The second-order valence-electron chi connectivity index (χ2n) is 6.37. The van der Waals surface area contributed by atoms with Gasteiger partial charge in [0.15, 0.2) is 5.16 Å². The summed E-state index contributed by atoms with van der Waals surface area (Å²) in [5.74, 6) is 0.227. The van der Waals surface area contributed by atoms with Crippen molar-refractivity contribution in [3.8, 4) is 0 Å². The van der Waals surface area contributed by atoms with Gasteiger partial charge in [0.1, 0.15) is 4.83 Å². The molecule has 0 unspecified atom stereocenters. The van der Waals surface area contributed by atoms with Crippen molar-refractivity contribution in [3.63, 3.8) is 0 Å². The first-order valence-corrected chi connectivity index (χ1v) is 10.9. The highest BCUT2D eigenvalue weighted by Crippen LogP contribution is 2.34. The van der Waals surface area contributed by atoms with E-state index in [-0.39, 0.29) is 17.2 Å². The second kappa shape index (κ2) is 9.01. The lowest BCUT2D eigenvalue weighted by molar-refractivity contribution is -0.118. The predicted molar refractivity (Wildman–Crippen MR) is 106 cm³/mol. The van der Waals surface area contributed by atoms with E-state index in [1.807, 2.05) is 6.92 Å². The van der Waals surface area contributed by atoms with E-state index in [0.717, 1.165) is 35.9 Å². The molecular weight excluding hydrogens is 370 g/mol. The molecule has 1 aliphatic rings. The summed E-state index contributed by atoms with van der Waals surface area (Å²) in [6.45, 7) is 3.57. The molecule has 1 amide bonds. The number of aryl methyl sites for hydroxylation is 2. The lowest BCUT2D eigenvalue weighted by Crippen LogP contribution is -2.28. The zero-order chi connectivity index (χ0) is 18.5. The van der Waals surface area contributed by atoms with Crippen LogP contribution in [0.1, 0.15) is 36.6 Å². The zero-order valence-corrected chi connectivity index (χ0v) is 16.9. The molecule has 2 heterocycles. The summed E-state index contributed by atoms with van der Waals surface area (Å²) in [6, 6.07) is 0. The highest BCUT2D eigenvalue weighted by atomic mass is 32.2. The first-order valence-electron chi connectivity index (χ1n) is 9.09. The molecule has 0 fully saturated rings. The number of hydrogen-bond acceptors (Lipinski definition) is 6. The minimum Gasteiger partial charge on any atom is -0.383 e. The smallest absolute Gasteiger partial charge is 0.263 e. The van der Waals surface area contributed by atoms with E-state index in [2.05, 4.69) is 5.32 Å². The van der Waals surface area contributed by atoms with Gasteiger partial charge in [-0.05, 0) is 37.7 Å². The second-order valence-corrected chi connectivity index (χ2v) is 8.40. The van der Waals surface area contributed by atoms with Gasteiger partial charge in [0, 0.05) is 18.5 Å². The molecule has 0 spiro atoms. The first kappa shape index (κ1) is 19.4. The van der Waals surface area contributed by atoms with Crippen LogP contribution < -0.4 is 10.9 Å². The maximum absolute atomic E-state index is 13.2. The standard InChI is InChI=1S/C18H25N3O3S2/c1-3-8-19-14(22)11-25-18-20-16-15(17(23)21(18)9-10-24-2)12-6-4-5-7-13(12)26-16/h3-11H2,1-2H3,(H,19,22). The van der Waals surface area contributed by atoms with Crippen molar-refractivity contribution in [1.82, 2.24) is 14.9 Å². The molecule has 2 aromatic rings. The number of fused-ring (bicyclic) bond motifs is 3. The van der Waals surface area contributed by atoms with Crippen LogP contribution >= 0.6 is 23.1 Å². The predicted octanol–water partition coefficient (Wildman–Crippen LogP) is 2.60. The van der Waals surface area contributed by atoms with Crippen molar-refractivity contribution in [2.24, 2.45) is 0 Å². The van der Waals surface area contributed by atoms with Gasteiger partial charge in [0.05, 0.1) is 24.3 Å². The summed E-state index contributed by atoms with van der Waals surface area (Å²) in [7, 11) is 1.62. The average molecular weight is 396 g/mol. The molecule has 26 heavy (non-hydrogen) atoms. The van der Waals surface area contributed by atoms with Gasteiger partial charge in [-0.15, -0.1) is 11.3 Å². The van der Waals surface area contributed by atoms with Gasteiger partial charge in [0.25, 0.3) is 5.56 Å². The van der Waals surface area contributed by atoms with Crippen LogP contribution in [0.3, 0.4) is 0 Å². The van der Waals surface area contributed by atoms with Crippen molar-refractivity contribution in [2.75, 3.05) is 26.0 Å². The van der Waals surface area contributed by atoms with E-state index in [4.69, 9.17) is 9.72 Å². The van der Waals surface area contributed by atoms with E-state index >= 15 is 0 Å². The summed E-state index contributed by atoms with van der Waals surface area (Å²) >= 11 is 2.96. The highest BCUT2D eigenvalue weighted by molar-refractivity contribution is 7.99. The fraction of sp³-hybridized carbons (Fsp3) is 0.611. The third-order valence-corrected chi connectivity index (χ3v) is 6.63. The van der Waals surface area contributed by atoms with Gasteiger partial charge in [-0.2, -0.15) is 0 Å². The molecule has 0 bridgehead atoms. The molecule has 0 saturated carbocycles. The van der Waals surface area contributed by atoms with Gasteiger partial charge in [-0.1, -0.05) is 18.7 Å². The monoisotopic (exact) mass is 395 g/mol. The summed E-state index contributed by atoms with van der Waals surface area (Å²) in [5, 5.41) is 4.24. The molecular formula is C18H25N3O3S2. The molecule has 2 aromatic heterocycles. The van der Waals surface area contributed by atoms with Crippen LogP contribution in [-0.2, 0) is 28.9 Å². The van der Waals surface area contributed by atoms with Crippen LogP contribution in [0.25, 0.3) is 10.2 Å². The number of nitrogens with one attached hydrogen (secondary N) is 1. The van der Waals surface area contributed by atoms with Crippen molar-refractivity contribution in [1.29, 1.82) is 0 Å². The Bertz CT molecular complexity index is 844. The third kappa shape index (κ3) is 4.13. The van der Waals surface area contributed by atoms with E-state index in [0.29, 0.717) is 24.9 Å². The maximum atomic E-state index is 13.2. The largest absolute Gasteiger partial charge is 0.383 e. The molecule has 6 nitrogen and oxygen atoms in total. The van der Waals surface area contributed by atoms with Crippen LogP contribution in [0, 0.1) is 0 Å². The van der Waals surface area contributed by atoms with Gasteiger partial charge >= 0.3 is 0 Å². The lowest BCUT2D eigenvalue weighted by Gasteiger charge is -2.13. The SMILES string of the molecule is CCCNC(=O)CSc1nc2sc3c(c2c(=O)n1CCOC)CCCC3. The van der Waals surface area contributed by atoms with Crippen LogP contribution in [0.2, 0.25) is 0 Å². The number of ether oxygens (including phenoxy) is 1. The Morgan fingerprint density at radius 3 is 2.96 bits per heavy atom.